The van der Waals surface area contributed by atoms with E-state index >= 15 is 0 Å². The Morgan fingerprint density at radius 3 is 2.41 bits per heavy atom. The maximum absolute atomic E-state index is 13.2. The average molecular weight is 390 g/mol. The normalized spacial score (nSPS) is 32.9. The van der Waals surface area contributed by atoms with Crippen LogP contribution >= 0.6 is 0 Å². The number of benzene rings is 1. The van der Waals surface area contributed by atoms with Crippen molar-refractivity contribution in [3.05, 3.63) is 29.8 Å². The molecule has 1 aromatic carbocycles. The van der Waals surface area contributed by atoms with E-state index in [1.165, 1.54) is 12.1 Å². The number of rotatable bonds is 4. The van der Waals surface area contributed by atoms with Gasteiger partial charge in [-0.25, -0.2) is 0 Å². The standard InChI is InChI=1S/C18H25F3N2O4/c19-18(20,21)12-3-1-2-4-13(12)22-6-5-11(7-22)8-23-9-15(25)17(27)16(26)14(23)10-24/h1-4,11,14-17,24-27H,5-10H2/t11-,14+,15+,16-,17-/m1/s1. The maximum Gasteiger partial charge on any atom is 0.418 e. The topological polar surface area (TPSA) is 87.4 Å². The van der Waals surface area contributed by atoms with Gasteiger partial charge in [-0.15, -0.1) is 0 Å². The summed E-state index contributed by atoms with van der Waals surface area (Å²) in [6.45, 7) is 1.02. The first-order chi connectivity index (χ1) is 12.7. The predicted molar refractivity (Wildman–Crippen MR) is 92.2 cm³/mol. The third-order valence-electron chi connectivity index (χ3n) is 5.54. The molecule has 2 saturated heterocycles. The first kappa shape index (κ1) is 20.3. The second-order valence-corrected chi connectivity index (χ2v) is 7.37. The molecule has 2 aliphatic heterocycles. The summed E-state index contributed by atoms with van der Waals surface area (Å²) in [4.78, 5) is 3.42. The summed E-state index contributed by atoms with van der Waals surface area (Å²) in [5.41, 5.74) is -0.508. The lowest BCUT2D eigenvalue weighted by Crippen LogP contribution is -2.63. The lowest BCUT2D eigenvalue weighted by Gasteiger charge is -2.44. The summed E-state index contributed by atoms with van der Waals surface area (Å²) in [6.07, 6.45) is -7.49. The van der Waals surface area contributed by atoms with E-state index in [0.717, 1.165) is 6.07 Å². The fourth-order valence-electron chi connectivity index (χ4n) is 4.11. The van der Waals surface area contributed by atoms with Crippen LogP contribution in [0.4, 0.5) is 18.9 Å². The number of nitrogens with zero attached hydrogens (tertiary/aromatic N) is 2. The Labute approximate surface area is 155 Å². The fraction of sp³-hybridized carbons (Fsp3) is 0.667. The Kier molecular flexibility index (Phi) is 5.97. The van der Waals surface area contributed by atoms with Crippen molar-refractivity contribution in [3.63, 3.8) is 0 Å². The Bertz CT molecular complexity index is 645. The van der Waals surface area contributed by atoms with Gasteiger partial charge in [-0.05, 0) is 24.5 Å². The summed E-state index contributed by atoms with van der Waals surface area (Å²) in [5.74, 6) is 0.0231. The van der Waals surface area contributed by atoms with Crippen LogP contribution in [0.1, 0.15) is 12.0 Å². The van der Waals surface area contributed by atoms with E-state index < -0.39 is 36.1 Å². The van der Waals surface area contributed by atoms with Crippen molar-refractivity contribution in [1.29, 1.82) is 0 Å². The summed E-state index contributed by atoms with van der Waals surface area (Å²) in [5, 5.41) is 39.3. The molecule has 0 aliphatic carbocycles. The summed E-state index contributed by atoms with van der Waals surface area (Å²) >= 11 is 0. The number of alkyl halides is 3. The number of para-hydroxylation sites is 1. The Balaban J connectivity index is 1.69. The number of aliphatic hydroxyl groups excluding tert-OH is 4. The molecule has 0 spiro atoms. The second kappa shape index (κ2) is 7.92. The highest BCUT2D eigenvalue weighted by Crippen LogP contribution is 2.38. The molecule has 0 unspecified atom stereocenters. The molecular weight excluding hydrogens is 365 g/mol. The molecule has 2 heterocycles. The van der Waals surface area contributed by atoms with Crippen molar-refractivity contribution >= 4 is 5.69 Å². The van der Waals surface area contributed by atoms with Gasteiger partial charge in [-0.1, -0.05) is 12.1 Å². The minimum absolute atomic E-state index is 0.0231. The zero-order chi connectivity index (χ0) is 19.8. The smallest absolute Gasteiger partial charge is 0.395 e. The molecule has 2 fully saturated rings. The first-order valence-electron chi connectivity index (χ1n) is 9.02. The zero-order valence-electron chi connectivity index (χ0n) is 14.8. The summed E-state index contributed by atoms with van der Waals surface area (Å²) < 4.78 is 39.7. The Morgan fingerprint density at radius 2 is 1.74 bits per heavy atom. The number of likely N-dealkylation sites (tertiary alicyclic amines) is 1. The van der Waals surface area contributed by atoms with E-state index in [1.807, 2.05) is 0 Å². The second-order valence-electron chi connectivity index (χ2n) is 7.37. The highest BCUT2D eigenvalue weighted by atomic mass is 19.4. The highest BCUT2D eigenvalue weighted by molar-refractivity contribution is 5.55. The fourth-order valence-corrected chi connectivity index (χ4v) is 4.11. The van der Waals surface area contributed by atoms with Crippen molar-refractivity contribution in [3.8, 4) is 0 Å². The number of anilines is 1. The molecule has 0 bridgehead atoms. The van der Waals surface area contributed by atoms with Crippen molar-refractivity contribution in [2.45, 2.75) is 37.0 Å². The molecule has 6 nitrogen and oxygen atoms in total. The molecule has 4 N–H and O–H groups in total. The average Bonchev–Trinajstić information content (AvgIpc) is 3.08. The van der Waals surface area contributed by atoms with Gasteiger partial charge in [-0.2, -0.15) is 13.2 Å². The minimum atomic E-state index is -4.42. The van der Waals surface area contributed by atoms with Crippen LogP contribution in [-0.4, -0.2) is 82.5 Å². The number of hydrogen-bond donors (Lipinski definition) is 4. The van der Waals surface area contributed by atoms with Crippen molar-refractivity contribution in [2.24, 2.45) is 5.92 Å². The number of hydrogen-bond acceptors (Lipinski definition) is 6. The lowest BCUT2D eigenvalue weighted by atomic mass is 9.93. The van der Waals surface area contributed by atoms with E-state index in [4.69, 9.17) is 0 Å². The molecule has 3 rings (SSSR count). The molecule has 0 radical (unpaired) electrons. The summed E-state index contributed by atoms with van der Waals surface area (Å²) in [6, 6.07) is 4.78. The van der Waals surface area contributed by atoms with E-state index in [1.54, 1.807) is 15.9 Å². The van der Waals surface area contributed by atoms with Gasteiger partial charge in [0.2, 0.25) is 0 Å². The van der Waals surface area contributed by atoms with Crippen LogP contribution in [0.15, 0.2) is 24.3 Å². The van der Waals surface area contributed by atoms with Gasteiger partial charge in [0.05, 0.1) is 24.3 Å². The molecule has 0 aromatic heterocycles. The largest absolute Gasteiger partial charge is 0.418 e. The third-order valence-corrected chi connectivity index (χ3v) is 5.54. The monoisotopic (exact) mass is 390 g/mol. The van der Waals surface area contributed by atoms with E-state index in [9.17, 15) is 33.6 Å². The van der Waals surface area contributed by atoms with Gasteiger partial charge >= 0.3 is 6.18 Å². The quantitative estimate of drug-likeness (QED) is 0.591. The number of halogens is 3. The van der Waals surface area contributed by atoms with Gasteiger partial charge < -0.3 is 25.3 Å². The molecule has 0 saturated carbocycles. The highest BCUT2D eigenvalue weighted by Gasteiger charge is 2.42. The molecule has 152 valence electrons. The number of aliphatic hydroxyl groups is 4. The van der Waals surface area contributed by atoms with Crippen molar-refractivity contribution in [1.82, 2.24) is 4.90 Å². The molecule has 2 aliphatic rings. The van der Waals surface area contributed by atoms with Crippen LogP contribution in [0.3, 0.4) is 0 Å². The summed E-state index contributed by atoms with van der Waals surface area (Å²) in [7, 11) is 0. The SMILES string of the molecule is OC[C@H]1[C@@H](O)[C@H](O)[C@@H](O)CN1C[C@@H]1CCN(c2ccccc2C(F)(F)F)C1. The molecule has 0 amide bonds. The van der Waals surface area contributed by atoms with Gasteiger partial charge in [-0.3, -0.25) is 4.90 Å². The molecular formula is C18H25F3N2O4. The van der Waals surface area contributed by atoms with Crippen LogP contribution in [0.5, 0.6) is 0 Å². The van der Waals surface area contributed by atoms with Gasteiger partial charge in [0.15, 0.2) is 0 Å². The van der Waals surface area contributed by atoms with Crippen LogP contribution < -0.4 is 4.90 Å². The van der Waals surface area contributed by atoms with Gasteiger partial charge in [0, 0.05) is 31.9 Å². The maximum atomic E-state index is 13.2. The molecule has 27 heavy (non-hydrogen) atoms. The Morgan fingerprint density at radius 1 is 1.04 bits per heavy atom. The van der Waals surface area contributed by atoms with E-state index in [-0.39, 0.29) is 24.8 Å². The van der Waals surface area contributed by atoms with Gasteiger partial charge in [0.25, 0.3) is 0 Å². The van der Waals surface area contributed by atoms with Gasteiger partial charge in [0.1, 0.15) is 12.2 Å². The van der Waals surface area contributed by atoms with Crippen LogP contribution in [0.2, 0.25) is 0 Å². The minimum Gasteiger partial charge on any atom is -0.395 e. The Hall–Kier alpha value is -1.39. The first-order valence-corrected chi connectivity index (χ1v) is 9.02. The lowest BCUT2D eigenvalue weighted by molar-refractivity contribution is -0.147. The molecule has 1 aromatic rings. The van der Waals surface area contributed by atoms with Crippen LogP contribution in [0.25, 0.3) is 0 Å². The van der Waals surface area contributed by atoms with Crippen molar-refractivity contribution < 1.29 is 33.6 Å². The zero-order valence-corrected chi connectivity index (χ0v) is 14.8. The molecule has 5 atom stereocenters. The third kappa shape index (κ3) is 4.22. The number of piperidine rings is 1. The predicted octanol–water partition coefficient (Wildman–Crippen LogP) is 0.291. The number of β-amino-alcohol motifs (C(OH)–C–C–N with tert-alkyl or cyclic N) is 1. The van der Waals surface area contributed by atoms with Crippen LogP contribution in [0, 0.1) is 5.92 Å². The van der Waals surface area contributed by atoms with Crippen molar-refractivity contribution in [2.75, 3.05) is 37.7 Å². The molecule has 9 heteroatoms. The van der Waals surface area contributed by atoms with E-state index in [2.05, 4.69) is 0 Å². The van der Waals surface area contributed by atoms with E-state index in [0.29, 0.717) is 26.1 Å². The van der Waals surface area contributed by atoms with Crippen LogP contribution in [-0.2, 0) is 6.18 Å².